The molecule has 2 aliphatic rings. The monoisotopic (exact) mass is 418 g/mol. The summed E-state index contributed by atoms with van der Waals surface area (Å²) in [6.45, 7) is 21.5. The van der Waals surface area contributed by atoms with E-state index in [1.165, 1.54) is 17.6 Å². The van der Waals surface area contributed by atoms with Gasteiger partial charge in [-0.05, 0) is 88.4 Å². The number of ether oxygens (including phenoxy) is 1. The number of rotatable bonds is 6. The molecule has 0 N–H and O–H groups in total. The Morgan fingerprint density at radius 2 is 1.93 bits per heavy atom. The van der Waals surface area contributed by atoms with Crippen LogP contribution < -0.4 is 0 Å². The first-order valence-electron chi connectivity index (χ1n) is 11.6. The standard InChI is InChI=1S/C26H46O2Si/c1-21(2)12-10-16-25(6)17-11-18-26(7)23(28-26)14-13-22(15-19-25)20-27-29(8,9)24(3,4)5/h11-12,15,17,23H,10,13-14,16,18-20H2,1-9H3/b17-11+,22-15-/t23-,25+,26-/m0/s1. The molecule has 2 nitrogen and oxygen atoms in total. The predicted molar refractivity (Wildman–Crippen MR) is 129 cm³/mol. The Kier molecular flexibility index (Phi) is 7.84. The van der Waals surface area contributed by atoms with E-state index in [0.717, 1.165) is 38.7 Å². The minimum atomic E-state index is -1.73. The molecule has 3 atom stereocenters. The SMILES string of the molecule is CC(C)=CCC[C@]1(C)/C=C/C[C@]2(C)O[C@H]2CC/C(CO[Si](C)(C)C(C)(C)C)=C/C1. The molecule has 3 heteroatoms. The van der Waals surface area contributed by atoms with Crippen LogP contribution in [0.5, 0.6) is 0 Å². The second-order valence-corrected chi connectivity index (χ2v) is 16.5. The highest BCUT2D eigenvalue weighted by molar-refractivity contribution is 6.74. The molecule has 1 aliphatic carbocycles. The minimum absolute atomic E-state index is 0.0487. The summed E-state index contributed by atoms with van der Waals surface area (Å²) in [6, 6.07) is 0. The van der Waals surface area contributed by atoms with Crippen molar-refractivity contribution < 1.29 is 9.16 Å². The summed E-state index contributed by atoms with van der Waals surface area (Å²) >= 11 is 0. The van der Waals surface area contributed by atoms with Gasteiger partial charge in [0, 0.05) is 0 Å². The number of hydrogen-bond donors (Lipinski definition) is 0. The molecule has 166 valence electrons. The molecule has 0 spiro atoms. The van der Waals surface area contributed by atoms with Gasteiger partial charge in [0.25, 0.3) is 0 Å². The van der Waals surface area contributed by atoms with E-state index >= 15 is 0 Å². The maximum absolute atomic E-state index is 6.59. The lowest BCUT2D eigenvalue weighted by Crippen LogP contribution is -2.41. The Bertz CT molecular complexity index is 648. The Morgan fingerprint density at radius 3 is 2.55 bits per heavy atom. The van der Waals surface area contributed by atoms with E-state index in [0.29, 0.717) is 6.10 Å². The zero-order valence-electron chi connectivity index (χ0n) is 20.7. The first kappa shape index (κ1) is 24.6. The van der Waals surface area contributed by atoms with Crippen LogP contribution in [0.3, 0.4) is 0 Å². The summed E-state index contributed by atoms with van der Waals surface area (Å²) in [7, 11) is -1.73. The second-order valence-electron chi connectivity index (χ2n) is 11.7. The van der Waals surface area contributed by atoms with Gasteiger partial charge in [-0.1, -0.05) is 57.6 Å². The van der Waals surface area contributed by atoms with E-state index in [1.807, 2.05) is 0 Å². The van der Waals surface area contributed by atoms with E-state index in [2.05, 4.69) is 85.9 Å². The Labute approximate surface area is 182 Å². The fraction of sp³-hybridized carbons (Fsp3) is 0.769. The maximum Gasteiger partial charge on any atom is 0.192 e. The van der Waals surface area contributed by atoms with Crippen molar-refractivity contribution in [3.05, 3.63) is 35.5 Å². The van der Waals surface area contributed by atoms with Crippen LogP contribution >= 0.6 is 0 Å². The highest BCUT2D eigenvalue weighted by Gasteiger charge is 2.50. The van der Waals surface area contributed by atoms with Gasteiger partial charge in [-0.25, -0.2) is 0 Å². The van der Waals surface area contributed by atoms with Crippen molar-refractivity contribution in [1.82, 2.24) is 0 Å². The lowest BCUT2D eigenvalue weighted by atomic mass is 9.80. The zero-order valence-corrected chi connectivity index (χ0v) is 21.7. The number of fused-ring (bicyclic) bond motifs is 1. The third-order valence-electron chi connectivity index (χ3n) is 7.36. The summed E-state index contributed by atoms with van der Waals surface area (Å²) in [5, 5.41) is 0.251. The van der Waals surface area contributed by atoms with Gasteiger partial charge in [-0.3, -0.25) is 0 Å². The van der Waals surface area contributed by atoms with Gasteiger partial charge in [-0.2, -0.15) is 0 Å². The Hall–Kier alpha value is -0.643. The van der Waals surface area contributed by atoms with Crippen LogP contribution in [-0.4, -0.2) is 26.6 Å². The molecule has 2 rings (SSSR count). The fourth-order valence-corrected chi connectivity index (χ4v) is 4.75. The average molecular weight is 419 g/mol. The van der Waals surface area contributed by atoms with Crippen molar-refractivity contribution in [1.29, 1.82) is 0 Å². The molecule has 0 unspecified atom stereocenters. The van der Waals surface area contributed by atoms with Crippen LogP contribution in [-0.2, 0) is 9.16 Å². The van der Waals surface area contributed by atoms with E-state index in [1.54, 1.807) is 0 Å². The van der Waals surface area contributed by atoms with Crippen molar-refractivity contribution in [2.24, 2.45) is 5.41 Å². The normalized spacial score (nSPS) is 33.7. The van der Waals surface area contributed by atoms with E-state index in [9.17, 15) is 0 Å². The van der Waals surface area contributed by atoms with Crippen LogP contribution in [0.15, 0.2) is 35.5 Å². The van der Waals surface area contributed by atoms with Crippen LogP contribution in [0.4, 0.5) is 0 Å². The summed E-state index contributed by atoms with van der Waals surface area (Å²) in [5.74, 6) is 0. The van der Waals surface area contributed by atoms with E-state index < -0.39 is 8.32 Å². The third-order valence-corrected chi connectivity index (χ3v) is 11.8. The Balaban J connectivity index is 2.15. The zero-order chi connectivity index (χ0) is 21.9. The number of epoxide rings is 1. The number of hydrogen-bond acceptors (Lipinski definition) is 2. The first-order chi connectivity index (χ1) is 13.3. The lowest BCUT2D eigenvalue weighted by molar-refractivity contribution is 0.298. The molecule has 0 radical (unpaired) electrons. The summed E-state index contributed by atoms with van der Waals surface area (Å²) in [4.78, 5) is 0. The highest BCUT2D eigenvalue weighted by Crippen LogP contribution is 2.44. The van der Waals surface area contributed by atoms with Gasteiger partial charge < -0.3 is 9.16 Å². The van der Waals surface area contributed by atoms with E-state index in [4.69, 9.17) is 9.16 Å². The van der Waals surface area contributed by atoms with Gasteiger partial charge in [0.15, 0.2) is 8.32 Å². The molecule has 1 saturated heterocycles. The van der Waals surface area contributed by atoms with Crippen molar-refractivity contribution >= 4 is 8.32 Å². The summed E-state index contributed by atoms with van der Waals surface area (Å²) in [5.41, 5.74) is 3.12. The first-order valence-corrected chi connectivity index (χ1v) is 14.5. The largest absolute Gasteiger partial charge is 0.413 e. The molecule has 0 bridgehead atoms. The molecule has 0 saturated carbocycles. The van der Waals surface area contributed by atoms with Gasteiger partial charge in [0.05, 0.1) is 18.3 Å². The molecular formula is C26H46O2Si. The van der Waals surface area contributed by atoms with Gasteiger partial charge in [0.2, 0.25) is 0 Å². The topological polar surface area (TPSA) is 21.8 Å². The lowest BCUT2D eigenvalue weighted by Gasteiger charge is -2.36. The van der Waals surface area contributed by atoms with Gasteiger partial charge in [0.1, 0.15) is 0 Å². The third kappa shape index (κ3) is 7.22. The second kappa shape index (κ2) is 9.24. The van der Waals surface area contributed by atoms with Gasteiger partial charge in [-0.15, -0.1) is 0 Å². The van der Waals surface area contributed by atoms with Crippen LogP contribution in [0, 0.1) is 5.41 Å². The van der Waals surface area contributed by atoms with Crippen LogP contribution in [0.25, 0.3) is 0 Å². The maximum atomic E-state index is 6.59. The molecule has 0 aromatic carbocycles. The minimum Gasteiger partial charge on any atom is -0.413 e. The quantitative estimate of drug-likeness (QED) is 0.248. The molecular weight excluding hydrogens is 372 g/mol. The van der Waals surface area contributed by atoms with E-state index in [-0.39, 0.29) is 16.1 Å². The summed E-state index contributed by atoms with van der Waals surface area (Å²) < 4.78 is 12.7. The van der Waals surface area contributed by atoms with Crippen molar-refractivity contribution in [2.75, 3.05) is 6.61 Å². The molecule has 1 fully saturated rings. The molecule has 0 aromatic heterocycles. The molecule has 0 aromatic rings. The fourth-order valence-electron chi connectivity index (χ4n) is 3.77. The smallest absolute Gasteiger partial charge is 0.192 e. The molecule has 1 heterocycles. The van der Waals surface area contributed by atoms with Crippen molar-refractivity contribution in [3.8, 4) is 0 Å². The van der Waals surface area contributed by atoms with Crippen LogP contribution in [0.1, 0.15) is 87.0 Å². The molecule has 29 heavy (non-hydrogen) atoms. The average Bonchev–Trinajstić information content (AvgIpc) is 3.22. The molecule has 0 amide bonds. The van der Waals surface area contributed by atoms with Crippen molar-refractivity contribution in [2.45, 2.75) is 117 Å². The van der Waals surface area contributed by atoms with Crippen LogP contribution in [0.2, 0.25) is 18.1 Å². The van der Waals surface area contributed by atoms with Gasteiger partial charge >= 0.3 is 0 Å². The predicted octanol–water partition coefficient (Wildman–Crippen LogP) is 7.98. The number of allylic oxidation sites excluding steroid dienone is 4. The van der Waals surface area contributed by atoms with Crippen molar-refractivity contribution in [3.63, 3.8) is 0 Å². The molecule has 1 aliphatic heterocycles. The highest BCUT2D eigenvalue weighted by atomic mass is 28.4. The summed E-state index contributed by atoms with van der Waals surface area (Å²) in [6.07, 6.45) is 16.8. The Morgan fingerprint density at radius 1 is 1.24 bits per heavy atom.